The normalized spacial score (nSPS) is 17.0. The molecule has 0 spiro atoms. The summed E-state index contributed by atoms with van der Waals surface area (Å²) in [4.78, 5) is 16.7. The van der Waals surface area contributed by atoms with Crippen molar-refractivity contribution in [1.29, 1.82) is 0 Å². The summed E-state index contributed by atoms with van der Waals surface area (Å²) < 4.78 is 7.05. The Labute approximate surface area is 210 Å². The van der Waals surface area contributed by atoms with Crippen molar-refractivity contribution in [2.45, 2.75) is 32.5 Å². The average Bonchev–Trinajstić information content (AvgIpc) is 3.58. The Kier molecular flexibility index (Phi) is 6.29. The summed E-state index contributed by atoms with van der Waals surface area (Å²) in [7, 11) is 0. The molecule has 0 radical (unpaired) electrons. The molecule has 8 heteroatoms. The number of amides is 1. The lowest BCUT2D eigenvalue weighted by molar-refractivity contribution is -0.114. The number of aromatic nitrogens is 1. The van der Waals surface area contributed by atoms with Gasteiger partial charge in [-0.15, -0.1) is 0 Å². The van der Waals surface area contributed by atoms with Gasteiger partial charge in [0.05, 0.1) is 22.6 Å². The highest BCUT2D eigenvalue weighted by Gasteiger charge is 2.43. The molecular weight excluding hydrogens is 510 g/mol. The first-order valence-corrected chi connectivity index (χ1v) is 12.0. The molecule has 1 aliphatic heterocycles. The van der Waals surface area contributed by atoms with E-state index in [4.69, 9.17) is 9.72 Å². The first-order chi connectivity index (χ1) is 16.8. The van der Waals surface area contributed by atoms with E-state index in [1.165, 1.54) is 13.0 Å². The number of rotatable bonds is 6. The van der Waals surface area contributed by atoms with Gasteiger partial charge in [-0.3, -0.25) is 4.79 Å². The second-order valence-corrected chi connectivity index (χ2v) is 9.42. The van der Waals surface area contributed by atoms with Crippen LogP contribution in [0.3, 0.4) is 0 Å². The smallest absolute Gasteiger partial charge is 0.221 e. The van der Waals surface area contributed by atoms with Gasteiger partial charge in [0.2, 0.25) is 5.91 Å². The Morgan fingerprint density at radius 3 is 2.54 bits per heavy atom. The van der Waals surface area contributed by atoms with Crippen molar-refractivity contribution in [1.82, 2.24) is 4.98 Å². The number of carbonyl (C=O) groups excluding carboxylic acids is 1. The molecule has 1 amide bonds. The van der Waals surface area contributed by atoms with Crippen molar-refractivity contribution in [3.8, 4) is 11.3 Å². The minimum atomic E-state index is -1.64. The van der Waals surface area contributed by atoms with Crippen molar-refractivity contribution >= 4 is 44.1 Å². The van der Waals surface area contributed by atoms with Crippen LogP contribution in [0.1, 0.15) is 36.0 Å². The van der Waals surface area contributed by atoms with E-state index in [9.17, 15) is 15.0 Å². The monoisotopic (exact) mass is 533 g/mol. The Bertz CT molecular complexity index is 1430. The van der Waals surface area contributed by atoms with Crippen LogP contribution in [-0.2, 0) is 9.53 Å². The summed E-state index contributed by atoms with van der Waals surface area (Å²) in [5.74, 6) is -0.265. The second-order valence-electron chi connectivity index (χ2n) is 8.51. The summed E-state index contributed by atoms with van der Waals surface area (Å²) in [6.07, 6.45) is -2.20. The molecule has 2 atom stereocenters. The van der Waals surface area contributed by atoms with E-state index in [1.54, 1.807) is 12.1 Å². The van der Waals surface area contributed by atoms with Crippen LogP contribution >= 0.6 is 15.9 Å². The van der Waals surface area contributed by atoms with E-state index >= 15 is 0 Å². The van der Waals surface area contributed by atoms with Gasteiger partial charge in [0.1, 0.15) is 6.10 Å². The molecule has 4 aromatic rings. The highest BCUT2D eigenvalue weighted by Crippen LogP contribution is 2.46. The number of nitrogens with one attached hydrogen (secondary N) is 2. The molecule has 35 heavy (non-hydrogen) atoms. The van der Waals surface area contributed by atoms with E-state index in [1.807, 2.05) is 42.5 Å². The Balaban J connectivity index is 1.53. The molecule has 1 saturated heterocycles. The molecule has 7 nitrogen and oxygen atoms in total. The molecular formula is C27H24BrN3O4. The molecule has 1 aromatic heterocycles. The van der Waals surface area contributed by atoms with Gasteiger partial charge < -0.3 is 25.6 Å². The zero-order valence-corrected chi connectivity index (χ0v) is 20.7. The highest BCUT2D eigenvalue weighted by molar-refractivity contribution is 9.10. The van der Waals surface area contributed by atoms with E-state index < -0.39 is 6.29 Å². The highest BCUT2D eigenvalue weighted by atomic mass is 79.9. The fourth-order valence-electron chi connectivity index (χ4n) is 4.34. The molecule has 0 saturated carbocycles. The number of anilines is 2. The molecule has 178 valence electrons. The summed E-state index contributed by atoms with van der Waals surface area (Å²) in [6.45, 7) is 3.46. The Morgan fingerprint density at radius 1 is 1.06 bits per heavy atom. The number of epoxide rings is 1. The van der Waals surface area contributed by atoms with Crippen molar-refractivity contribution < 1.29 is 19.7 Å². The summed E-state index contributed by atoms with van der Waals surface area (Å²) in [5.41, 5.74) is 6.26. The minimum absolute atomic E-state index is 0.231. The third kappa shape index (κ3) is 4.78. The Morgan fingerprint density at radius 2 is 1.83 bits per heavy atom. The lowest BCUT2D eigenvalue weighted by atomic mass is 9.95. The van der Waals surface area contributed by atoms with Crippen LogP contribution in [-0.4, -0.2) is 27.3 Å². The predicted molar refractivity (Wildman–Crippen MR) is 139 cm³/mol. The third-order valence-corrected chi connectivity index (χ3v) is 6.51. The number of hydrogen-bond acceptors (Lipinski definition) is 6. The fourth-order valence-corrected chi connectivity index (χ4v) is 4.70. The maximum atomic E-state index is 11.7. The van der Waals surface area contributed by atoms with Crippen LogP contribution in [0.25, 0.3) is 22.2 Å². The maximum Gasteiger partial charge on any atom is 0.221 e. The van der Waals surface area contributed by atoms with E-state index in [0.717, 1.165) is 37.8 Å². The first-order valence-electron chi connectivity index (χ1n) is 11.2. The molecule has 3 aromatic carbocycles. The van der Waals surface area contributed by atoms with Gasteiger partial charge >= 0.3 is 0 Å². The van der Waals surface area contributed by atoms with E-state index in [2.05, 4.69) is 39.6 Å². The summed E-state index contributed by atoms with van der Waals surface area (Å²) >= 11 is 3.58. The van der Waals surface area contributed by atoms with Crippen molar-refractivity contribution in [3.63, 3.8) is 0 Å². The lowest BCUT2D eigenvalue weighted by Gasteiger charge is -2.15. The number of pyridine rings is 1. The van der Waals surface area contributed by atoms with Crippen LogP contribution < -0.4 is 10.6 Å². The first kappa shape index (κ1) is 23.4. The van der Waals surface area contributed by atoms with E-state index in [-0.39, 0.29) is 23.8 Å². The molecule has 1 fully saturated rings. The van der Waals surface area contributed by atoms with Gasteiger partial charge in [0.15, 0.2) is 12.5 Å². The SMILES string of the molecule is CC(=O)Nc1cc(C(O)O)ccc1NC1OC1c1c(C)c(-c2ccccc2)nc2ccc(Br)cc12. The topological polar surface area (TPSA) is 107 Å². The van der Waals surface area contributed by atoms with Crippen LogP contribution in [0.15, 0.2) is 71.2 Å². The second kappa shape index (κ2) is 9.39. The van der Waals surface area contributed by atoms with Gasteiger partial charge in [-0.25, -0.2) is 4.98 Å². The van der Waals surface area contributed by atoms with Crippen LogP contribution in [0, 0.1) is 6.92 Å². The van der Waals surface area contributed by atoms with E-state index in [0.29, 0.717) is 11.4 Å². The Hall–Kier alpha value is -3.30. The van der Waals surface area contributed by atoms with Gasteiger partial charge in [0.25, 0.3) is 0 Å². The quantitative estimate of drug-likeness (QED) is 0.194. The number of aliphatic hydroxyl groups is 2. The molecule has 2 unspecified atom stereocenters. The minimum Gasteiger partial charge on any atom is -0.364 e. The lowest BCUT2D eigenvalue weighted by Crippen LogP contribution is -2.12. The largest absolute Gasteiger partial charge is 0.364 e. The van der Waals surface area contributed by atoms with Crippen LogP contribution in [0.5, 0.6) is 0 Å². The van der Waals surface area contributed by atoms with Gasteiger partial charge in [-0.1, -0.05) is 52.3 Å². The number of ether oxygens (including phenoxy) is 1. The van der Waals surface area contributed by atoms with Crippen LogP contribution in [0.4, 0.5) is 11.4 Å². The molecule has 5 rings (SSSR count). The molecule has 1 aliphatic rings. The fraction of sp³-hybridized carbons (Fsp3) is 0.185. The zero-order valence-electron chi connectivity index (χ0n) is 19.1. The number of aliphatic hydroxyl groups excluding tert-OH is 1. The number of carbonyl (C=O) groups is 1. The van der Waals surface area contributed by atoms with Gasteiger partial charge in [-0.2, -0.15) is 0 Å². The number of hydrogen-bond donors (Lipinski definition) is 4. The number of fused-ring (bicyclic) bond motifs is 1. The standard InChI is InChI=1S/C27H24BrN3O4/c1-14-23(19-13-18(28)9-11-20(19)30-24(14)16-6-4-3-5-7-16)25-26(35-25)31-21-10-8-17(27(33)34)12-22(21)29-15(2)32/h3-13,25-27,31,33-34H,1-2H3,(H,29,32). The molecule has 0 bridgehead atoms. The number of nitrogens with zero attached hydrogens (tertiary/aromatic N) is 1. The zero-order chi connectivity index (χ0) is 24.7. The number of halogens is 1. The molecule has 4 N–H and O–H groups in total. The molecule has 2 heterocycles. The van der Waals surface area contributed by atoms with Gasteiger partial charge in [0, 0.05) is 27.9 Å². The van der Waals surface area contributed by atoms with Gasteiger partial charge in [-0.05, 0) is 48.4 Å². The summed E-state index contributed by atoms with van der Waals surface area (Å²) in [6, 6.07) is 20.9. The summed E-state index contributed by atoms with van der Waals surface area (Å²) in [5, 5.41) is 26.1. The third-order valence-electron chi connectivity index (χ3n) is 6.01. The van der Waals surface area contributed by atoms with Crippen molar-refractivity contribution in [2.24, 2.45) is 0 Å². The number of benzene rings is 3. The average molecular weight is 534 g/mol. The predicted octanol–water partition coefficient (Wildman–Crippen LogP) is 5.42. The van der Waals surface area contributed by atoms with Crippen LogP contribution in [0.2, 0.25) is 0 Å². The maximum absolute atomic E-state index is 11.7. The molecule has 0 aliphatic carbocycles. The van der Waals surface area contributed by atoms with Crippen molar-refractivity contribution in [2.75, 3.05) is 10.6 Å². The van der Waals surface area contributed by atoms with Crippen molar-refractivity contribution in [3.05, 3.63) is 87.9 Å².